The van der Waals surface area contributed by atoms with E-state index >= 15 is 0 Å². The molecule has 23 heavy (non-hydrogen) atoms. The van der Waals surface area contributed by atoms with Crippen LogP contribution >= 0.6 is 0 Å². The van der Waals surface area contributed by atoms with E-state index in [2.05, 4.69) is 6.07 Å². The Morgan fingerprint density at radius 2 is 2.04 bits per heavy atom. The molecule has 1 aliphatic heterocycles. The molecular formula is C19H17FN2O. The molecule has 1 aliphatic rings. The SMILES string of the molecule is N#Cc1cccc(C(=O)N2CCCC2Cc2ccc(F)cc2)c1. The van der Waals surface area contributed by atoms with Crippen LogP contribution in [0.15, 0.2) is 48.5 Å². The highest BCUT2D eigenvalue weighted by Crippen LogP contribution is 2.23. The standard InChI is InChI=1S/C19H17FN2O/c20-17-8-6-14(7-9-17)12-18-5-2-10-22(18)19(23)16-4-1-3-15(11-16)13-21/h1,3-4,6-9,11,18H,2,5,10,12H2. The summed E-state index contributed by atoms with van der Waals surface area (Å²) in [5.74, 6) is -0.284. The van der Waals surface area contributed by atoms with Gasteiger partial charge < -0.3 is 4.90 Å². The molecule has 0 N–H and O–H groups in total. The molecule has 2 aromatic rings. The lowest BCUT2D eigenvalue weighted by Crippen LogP contribution is -2.36. The first-order chi connectivity index (χ1) is 11.2. The summed E-state index contributed by atoms with van der Waals surface area (Å²) in [4.78, 5) is 14.6. The lowest BCUT2D eigenvalue weighted by Gasteiger charge is -2.25. The van der Waals surface area contributed by atoms with Crippen LogP contribution < -0.4 is 0 Å². The van der Waals surface area contributed by atoms with E-state index in [0.717, 1.165) is 31.4 Å². The maximum Gasteiger partial charge on any atom is 0.254 e. The van der Waals surface area contributed by atoms with E-state index in [9.17, 15) is 9.18 Å². The molecule has 2 aromatic carbocycles. The largest absolute Gasteiger partial charge is 0.335 e. The van der Waals surface area contributed by atoms with Gasteiger partial charge in [0.1, 0.15) is 5.82 Å². The van der Waals surface area contributed by atoms with Gasteiger partial charge in [0, 0.05) is 18.2 Å². The van der Waals surface area contributed by atoms with Gasteiger partial charge >= 0.3 is 0 Å². The Kier molecular flexibility index (Phi) is 4.38. The van der Waals surface area contributed by atoms with Crippen LogP contribution in [0.3, 0.4) is 0 Å². The third kappa shape index (κ3) is 3.40. The van der Waals surface area contributed by atoms with Gasteiger partial charge in [-0.3, -0.25) is 4.79 Å². The zero-order valence-corrected chi connectivity index (χ0v) is 12.7. The summed E-state index contributed by atoms with van der Waals surface area (Å²) < 4.78 is 13.0. The summed E-state index contributed by atoms with van der Waals surface area (Å²) in [5.41, 5.74) is 2.07. The topological polar surface area (TPSA) is 44.1 Å². The Labute approximate surface area is 135 Å². The Hall–Kier alpha value is -2.67. The van der Waals surface area contributed by atoms with Crippen molar-refractivity contribution in [3.8, 4) is 6.07 Å². The van der Waals surface area contributed by atoms with E-state index in [1.807, 2.05) is 4.90 Å². The molecule has 1 saturated heterocycles. The lowest BCUT2D eigenvalue weighted by atomic mass is 10.0. The average Bonchev–Trinajstić information content (AvgIpc) is 3.04. The van der Waals surface area contributed by atoms with Gasteiger partial charge in [-0.2, -0.15) is 5.26 Å². The summed E-state index contributed by atoms with van der Waals surface area (Å²) in [6, 6.07) is 15.4. The van der Waals surface area contributed by atoms with Gasteiger partial charge in [-0.25, -0.2) is 4.39 Å². The van der Waals surface area contributed by atoms with E-state index in [0.29, 0.717) is 11.1 Å². The van der Waals surface area contributed by atoms with Gasteiger partial charge in [0.25, 0.3) is 5.91 Å². The highest BCUT2D eigenvalue weighted by Gasteiger charge is 2.29. The first-order valence-corrected chi connectivity index (χ1v) is 7.73. The first-order valence-electron chi connectivity index (χ1n) is 7.73. The number of likely N-dealkylation sites (tertiary alicyclic amines) is 1. The molecule has 0 spiro atoms. The summed E-state index contributed by atoms with van der Waals surface area (Å²) in [6.45, 7) is 0.724. The molecule has 116 valence electrons. The second kappa shape index (κ2) is 6.62. The van der Waals surface area contributed by atoms with Gasteiger partial charge in [0.2, 0.25) is 0 Å². The zero-order valence-electron chi connectivity index (χ0n) is 12.7. The molecule has 0 saturated carbocycles. The van der Waals surface area contributed by atoms with Gasteiger partial charge in [0.15, 0.2) is 0 Å². The van der Waals surface area contributed by atoms with Crippen molar-refractivity contribution in [3.05, 3.63) is 71.0 Å². The Morgan fingerprint density at radius 1 is 1.26 bits per heavy atom. The van der Waals surface area contributed by atoms with Gasteiger partial charge in [-0.05, 0) is 55.2 Å². The number of hydrogen-bond acceptors (Lipinski definition) is 2. The number of nitriles is 1. The first kappa shape index (κ1) is 15.2. The molecule has 0 radical (unpaired) electrons. The molecule has 1 atom stereocenters. The number of benzene rings is 2. The molecule has 3 nitrogen and oxygen atoms in total. The smallest absolute Gasteiger partial charge is 0.254 e. The highest BCUT2D eigenvalue weighted by molar-refractivity contribution is 5.95. The van der Waals surface area contributed by atoms with E-state index in [-0.39, 0.29) is 17.8 Å². The Balaban J connectivity index is 1.76. The van der Waals surface area contributed by atoms with Crippen molar-refractivity contribution in [1.29, 1.82) is 5.26 Å². The highest BCUT2D eigenvalue weighted by atomic mass is 19.1. The third-order valence-corrected chi connectivity index (χ3v) is 4.26. The summed E-state index contributed by atoms with van der Waals surface area (Å²) in [6.07, 6.45) is 2.64. The van der Waals surface area contributed by atoms with Gasteiger partial charge in [-0.1, -0.05) is 18.2 Å². The van der Waals surface area contributed by atoms with Crippen LogP contribution in [0, 0.1) is 17.1 Å². The van der Waals surface area contributed by atoms with Crippen molar-refractivity contribution in [3.63, 3.8) is 0 Å². The fourth-order valence-corrected chi connectivity index (χ4v) is 3.10. The van der Waals surface area contributed by atoms with E-state index in [1.54, 1.807) is 36.4 Å². The number of rotatable bonds is 3. The summed E-state index contributed by atoms with van der Waals surface area (Å²) in [7, 11) is 0. The van der Waals surface area contributed by atoms with E-state index in [4.69, 9.17) is 5.26 Å². The van der Waals surface area contributed by atoms with Crippen LogP contribution in [0.2, 0.25) is 0 Å². The van der Waals surface area contributed by atoms with Crippen LogP contribution in [0.4, 0.5) is 4.39 Å². The minimum absolute atomic E-state index is 0.0355. The van der Waals surface area contributed by atoms with Crippen molar-refractivity contribution >= 4 is 5.91 Å². The molecule has 1 unspecified atom stereocenters. The summed E-state index contributed by atoms with van der Waals surface area (Å²) in [5, 5.41) is 8.97. The van der Waals surface area contributed by atoms with Crippen LogP contribution in [0.25, 0.3) is 0 Å². The van der Waals surface area contributed by atoms with Crippen molar-refractivity contribution in [2.24, 2.45) is 0 Å². The number of nitrogens with zero attached hydrogens (tertiary/aromatic N) is 2. The molecule has 3 rings (SSSR count). The van der Waals surface area contributed by atoms with Crippen LogP contribution in [-0.2, 0) is 6.42 Å². The fraction of sp³-hybridized carbons (Fsp3) is 0.263. The van der Waals surface area contributed by atoms with Crippen LogP contribution in [-0.4, -0.2) is 23.4 Å². The predicted octanol–water partition coefficient (Wildman–Crippen LogP) is 3.54. The van der Waals surface area contributed by atoms with Crippen molar-refractivity contribution < 1.29 is 9.18 Å². The number of carbonyl (C=O) groups is 1. The molecule has 1 amide bonds. The van der Waals surface area contributed by atoms with Crippen molar-refractivity contribution in [2.75, 3.05) is 6.54 Å². The minimum Gasteiger partial charge on any atom is -0.335 e. The minimum atomic E-state index is -0.249. The molecular weight excluding hydrogens is 291 g/mol. The second-order valence-corrected chi connectivity index (χ2v) is 5.82. The number of hydrogen-bond donors (Lipinski definition) is 0. The van der Waals surface area contributed by atoms with Crippen molar-refractivity contribution in [2.45, 2.75) is 25.3 Å². The fourth-order valence-electron chi connectivity index (χ4n) is 3.10. The molecule has 1 heterocycles. The quantitative estimate of drug-likeness (QED) is 0.870. The molecule has 4 heteroatoms. The van der Waals surface area contributed by atoms with Crippen molar-refractivity contribution in [1.82, 2.24) is 4.90 Å². The number of halogens is 1. The number of amides is 1. The summed E-state index contributed by atoms with van der Waals surface area (Å²) >= 11 is 0. The normalized spacial score (nSPS) is 17.0. The molecule has 0 aromatic heterocycles. The van der Waals surface area contributed by atoms with Crippen LogP contribution in [0.5, 0.6) is 0 Å². The van der Waals surface area contributed by atoms with E-state index in [1.165, 1.54) is 12.1 Å². The monoisotopic (exact) mass is 308 g/mol. The third-order valence-electron chi connectivity index (χ3n) is 4.26. The maximum absolute atomic E-state index is 13.0. The maximum atomic E-state index is 13.0. The van der Waals surface area contributed by atoms with Gasteiger partial charge in [0.05, 0.1) is 11.6 Å². The van der Waals surface area contributed by atoms with E-state index < -0.39 is 0 Å². The Bertz CT molecular complexity index is 749. The molecule has 1 fully saturated rings. The second-order valence-electron chi connectivity index (χ2n) is 5.82. The average molecular weight is 308 g/mol. The van der Waals surface area contributed by atoms with Gasteiger partial charge in [-0.15, -0.1) is 0 Å². The van der Waals surface area contributed by atoms with Crippen LogP contribution in [0.1, 0.15) is 34.3 Å². The number of carbonyl (C=O) groups excluding carboxylic acids is 1. The lowest BCUT2D eigenvalue weighted by molar-refractivity contribution is 0.0736. The zero-order chi connectivity index (χ0) is 16.2. The molecule has 0 bridgehead atoms. The predicted molar refractivity (Wildman–Crippen MR) is 85.3 cm³/mol. The Morgan fingerprint density at radius 3 is 2.78 bits per heavy atom. The molecule has 0 aliphatic carbocycles.